The van der Waals surface area contributed by atoms with Gasteiger partial charge in [-0.2, -0.15) is 0 Å². The number of amides is 1. The first-order valence-corrected chi connectivity index (χ1v) is 10.7. The van der Waals surface area contributed by atoms with Crippen LogP contribution in [0.15, 0.2) is 0 Å². The summed E-state index contributed by atoms with van der Waals surface area (Å²) in [5.74, 6) is -1.04. The predicted molar refractivity (Wildman–Crippen MR) is 108 cm³/mol. The Morgan fingerprint density at radius 1 is 1.14 bits per heavy atom. The van der Waals surface area contributed by atoms with Crippen molar-refractivity contribution in [2.24, 2.45) is 0 Å². The van der Waals surface area contributed by atoms with Crippen molar-refractivity contribution < 1.29 is 28.6 Å². The third-order valence-electron chi connectivity index (χ3n) is 5.47. The summed E-state index contributed by atoms with van der Waals surface area (Å²) in [6.07, 6.45) is 5.50. The summed E-state index contributed by atoms with van der Waals surface area (Å²) in [7, 11) is 2.70. The van der Waals surface area contributed by atoms with E-state index < -0.39 is 11.5 Å². The fourth-order valence-electron chi connectivity index (χ4n) is 3.95. The van der Waals surface area contributed by atoms with Gasteiger partial charge in [0.15, 0.2) is 0 Å². The molecule has 0 spiro atoms. The summed E-state index contributed by atoms with van der Waals surface area (Å²) in [6.45, 7) is 0.986. The van der Waals surface area contributed by atoms with E-state index in [2.05, 4.69) is 10.6 Å². The van der Waals surface area contributed by atoms with E-state index in [0.717, 1.165) is 49.0 Å². The van der Waals surface area contributed by atoms with Crippen molar-refractivity contribution in [3.63, 3.8) is 0 Å². The van der Waals surface area contributed by atoms with Crippen LogP contribution in [-0.2, 0) is 36.6 Å². The van der Waals surface area contributed by atoms with Gasteiger partial charge in [0.25, 0.3) is 0 Å². The lowest BCUT2D eigenvalue weighted by molar-refractivity contribution is -0.144. The van der Waals surface area contributed by atoms with E-state index in [1.807, 2.05) is 0 Å². The summed E-state index contributed by atoms with van der Waals surface area (Å²) in [5.41, 5.74) is 0.854. The number of carbonyl (C=O) groups is 3. The van der Waals surface area contributed by atoms with E-state index in [1.54, 1.807) is 0 Å². The highest BCUT2D eigenvalue weighted by Crippen LogP contribution is 2.38. The summed E-state index contributed by atoms with van der Waals surface area (Å²) in [4.78, 5) is 37.9. The molecule has 1 amide bonds. The number of methoxy groups -OCH3 is 2. The maximum absolute atomic E-state index is 12.7. The van der Waals surface area contributed by atoms with Crippen molar-refractivity contribution in [1.82, 2.24) is 5.32 Å². The molecule has 0 radical (unpaired) electrons. The second-order valence-electron chi connectivity index (χ2n) is 7.50. The van der Waals surface area contributed by atoms with Crippen molar-refractivity contribution in [2.45, 2.75) is 50.5 Å². The smallest absolute Gasteiger partial charge is 0.341 e. The lowest BCUT2D eigenvalue weighted by atomic mass is 9.88. The Hall–Kier alpha value is -1.97. The third kappa shape index (κ3) is 5.15. The van der Waals surface area contributed by atoms with Crippen LogP contribution in [-0.4, -0.2) is 57.4 Å². The number of hydrogen-bond donors (Lipinski definition) is 2. The van der Waals surface area contributed by atoms with E-state index in [1.165, 1.54) is 25.6 Å². The minimum Gasteiger partial charge on any atom is -0.469 e. The molecule has 1 aromatic rings. The first-order valence-electron chi connectivity index (χ1n) is 9.90. The van der Waals surface area contributed by atoms with Crippen LogP contribution in [0, 0.1) is 0 Å². The van der Waals surface area contributed by atoms with Crippen molar-refractivity contribution >= 4 is 34.2 Å². The molecule has 1 fully saturated rings. The zero-order valence-electron chi connectivity index (χ0n) is 16.9. The SMILES string of the molecule is COC(=O)C[C@]1(NCC(=O)Nc2sc3c(c2C(=O)OC)CCCC3)CCCOC1. The van der Waals surface area contributed by atoms with Gasteiger partial charge >= 0.3 is 11.9 Å². The molecule has 0 aromatic carbocycles. The van der Waals surface area contributed by atoms with E-state index in [4.69, 9.17) is 14.2 Å². The standard InChI is InChI=1S/C20H28N2O6S/c1-26-16(24)10-20(8-5-9-28-12-20)21-11-15(23)22-18-17(19(25)27-2)13-6-3-4-7-14(13)29-18/h21H,3-12H2,1-2H3,(H,22,23)/t20-/m1/s1. The van der Waals surface area contributed by atoms with Gasteiger partial charge in [-0.05, 0) is 44.1 Å². The molecule has 2 heterocycles. The first-order chi connectivity index (χ1) is 14.0. The molecule has 9 heteroatoms. The maximum atomic E-state index is 12.7. The number of fused-ring (bicyclic) bond motifs is 1. The lowest BCUT2D eigenvalue weighted by Gasteiger charge is -2.37. The average molecular weight is 425 g/mol. The molecule has 1 aliphatic carbocycles. The molecule has 0 bridgehead atoms. The molecule has 1 aliphatic heterocycles. The predicted octanol–water partition coefficient (Wildman–Crippen LogP) is 2.05. The Kier molecular flexibility index (Phi) is 7.26. The second-order valence-corrected chi connectivity index (χ2v) is 8.60. The molecular weight excluding hydrogens is 396 g/mol. The van der Waals surface area contributed by atoms with Crippen LogP contribution < -0.4 is 10.6 Å². The quantitative estimate of drug-likeness (QED) is 0.646. The Morgan fingerprint density at radius 2 is 1.93 bits per heavy atom. The van der Waals surface area contributed by atoms with Crippen LogP contribution in [0.3, 0.4) is 0 Å². The van der Waals surface area contributed by atoms with Gasteiger partial charge in [0.2, 0.25) is 5.91 Å². The normalized spacial score (nSPS) is 21.2. The van der Waals surface area contributed by atoms with Gasteiger partial charge in [-0.1, -0.05) is 0 Å². The summed E-state index contributed by atoms with van der Waals surface area (Å²) in [6, 6.07) is 0. The van der Waals surface area contributed by atoms with Crippen LogP contribution in [0.2, 0.25) is 0 Å². The monoisotopic (exact) mass is 424 g/mol. The molecule has 8 nitrogen and oxygen atoms in total. The van der Waals surface area contributed by atoms with Gasteiger partial charge in [-0.15, -0.1) is 11.3 Å². The van der Waals surface area contributed by atoms with E-state index in [0.29, 0.717) is 23.8 Å². The van der Waals surface area contributed by atoms with E-state index in [9.17, 15) is 14.4 Å². The molecule has 3 rings (SSSR count). The maximum Gasteiger partial charge on any atom is 0.341 e. The molecular formula is C20H28N2O6S. The Bertz CT molecular complexity index is 769. The fraction of sp³-hybridized carbons (Fsp3) is 0.650. The number of carbonyl (C=O) groups excluding carboxylic acids is 3. The summed E-state index contributed by atoms with van der Waals surface area (Å²) >= 11 is 1.45. The number of ether oxygens (including phenoxy) is 3. The molecule has 29 heavy (non-hydrogen) atoms. The molecule has 160 valence electrons. The zero-order chi connectivity index (χ0) is 20.9. The molecule has 1 atom stereocenters. The molecule has 2 N–H and O–H groups in total. The number of nitrogens with one attached hydrogen (secondary N) is 2. The van der Waals surface area contributed by atoms with Crippen LogP contribution in [0.4, 0.5) is 5.00 Å². The number of esters is 2. The number of anilines is 1. The minimum absolute atomic E-state index is 0.00351. The number of thiophene rings is 1. The number of hydrogen-bond acceptors (Lipinski definition) is 8. The Labute approximate surface area is 174 Å². The summed E-state index contributed by atoms with van der Waals surface area (Å²) < 4.78 is 15.3. The average Bonchev–Trinajstić information content (AvgIpc) is 3.10. The minimum atomic E-state index is -0.622. The van der Waals surface area contributed by atoms with Gasteiger partial charge in [-0.3, -0.25) is 9.59 Å². The molecule has 1 saturated heterocycles. The van der Waals surface area contributed by atoms with Crippen LogP contribution >= 0.6 is 11.3 Å². The molecule has 0 saturated carbocycles. The molecule has 1 aromatic heterocycles. The fourth-order valence-corrected chi connectivity index (χ4v) is 5.25. The van der Waals surface area contributed by atoms with Crippen LogP contribution in [0.25, 0.3) is 0 Å². The van der Waals surface area contributed by atoms with E-state index >= 15 is 0 Å². The van der Waals surface area contributed by atoms with Crippen molar-refractivity contribution in [2.75, 3.05) is 39.3 Å². The van der Waals surface area contributed by atoms with Crippen molar-refractivity contribution in [1.29, 1.82) is 0 Å². The van der Waals surface area contributed by atoms with Gasteiger partial charge in [-0.25, -0.2) is 4.79 Å². The highest BCUT2D eigenvalue weighted by molar-refractivity contribution is 7.17. The topological polar surface area (TPSA) is 103 Å². The highest BCUT2D eigenvalue weighted by Gasteiger charge is 2.36. The summed E-state index contributed by atoms with van der Waals surface area (Å²) in [5, 5.41) is 6.60. The Morgan fingerprint density at radius 3 is 2.62 bits per heavy atom. The third-order valence-corrected chi connectivity index (χ3v) is 6.68. The van der Waals surface area contributed by atoms with Crippen molar-refractivity contribution in [3.05, 3.63) is 16.0 Å². The van der Waals surface area contributed by atoms with Gasteiger partial charge < -0.3 is 24.8 Å². The van der Waals surface area contributed by atoms with Crippen molar-refractivity contribution in [3.8, 4) is 0 Å². The van der Waals surface area contributed by atoms with E-state index in [-0.39, 0.29) is 24.8 Å². The van der Waals surface area contributed by atoms with Crippen LogP contribution in [0.1, 0.15) is 52.9 Å². The molecule has 2 aliphatic rings. The lowest BCUT2D eigenvalue weighted by Crippen LogP contribution is -2.55. The van der Waals surface area contributed by atoms with Gasteiger partial charge in [0, 0.05) is 11.5 Å². The van der Waals surface area contributed by atoms with Gasteiger partial charge in [0.1, 0.15) is 5.00 Å². The second kappa shape index (κ2) is 9.69. The molecule has 0 unspecified atom stereocenters. The largest absolute Gasteiger partial charge is 0.469 e. The zero-order valence-corrected chi connectivity index (χ0v) is 17.7. The van der Waals surface area contributed by atoms with Gasteiger partial charge in [0.05, 0.1) is 44.9 Å². The first kappa shape index (κ1) is 21.7. The van der Waals surface area contributed by atoms with Crippen LogP contribution in [0.5, 0.6) is 0 Å². The number of rotatable bonds is 7. The number of aryl methyl sites for hydroxylation is 1. The Balaban J connectivity index is 1.69. The highest BCUT2D eigenvalue weighted by atomic mass is 32.1.